The zero-order valence-electron chi connectivity index (χ0n) is 14.1. The molecule has 2 aromatic heterocycles. The molecule has 0 spiro atoms. The minimum absolute atomic E-state index is 0.0817. The Morgan fingerprint density at radius 2 is 2.04 bits per heavy atom. The largest absolute Gasteiger partial charge is 0.462 e. The molecular formula is C18H13FN2O4S2. The zero-order valence-corrected chi connectivity index (χ0v) is 15.7. The molecule has 0 amide bonds. The molecule has 0 radical (unpaired) electrons. The number of carbonyl (C=O) groups excluding carboxylic acids is 2. The predicted molar refractivity (Wildman–Crippen MR) is 100 cm³/mol. The number of nitrogen functional groups attached to an aromatic ring is 1. The first-order valence-electron chi connectivity index (χ1n) is 7.79. The third kappa shape index (κ3) is 3.63. The minimum atomic E-state index is -0.681. The molecule has 0 fully saturated rings. The summed E-state index contributed by atoms with van der Waals surface area (Å²) in [7, 11) is 0. The van der Waals surface area contributed by atoms with Gasteiger partial charge in [-0.15, -0.1) is 22.7 Å². The molecule has 1 aromatic carbocycles. The van der Waals surface area contributed by atoms with Crippen LogP contribution in [0.25, 0.3) is 10.1 Å². The second-order valence-electron chi connectivity index (χ2n) is 5.32. The number of ether oxygens (including phenoxy) is 2. The first-order chi connectivity index (χ1) is 13.0. The van der Waals surface area contributed by atoms with Crippen LogP contribution in [0, 0.1) is 17.1 Å². The molecule has 0 atom stereocenters. The van der Waals surface area contributed by atoms with Gasteiger partial charge < -0.3 is 15.2 Å². The van der Waals surface area contributed by atoms with Crippen LogP contribution in [0.2, 0.25) is 0 Å². The van der Waals surface area contributed by atoms with E-state index in [4.69, 9.17) is 15.2 Å². The van der Waals surface area contributed by atoms with E-state index >= 15 is 0 Å². The Bertz CT molecular complexity index is 1080. The van der Waals surface area contributed by atoms with E-state index in [2.05, 4.69) is 0 Å². The van der Waals surface area contributed by atoms with Crippen LogP contribution < -0.4 is 5.73 Å². The van der Waals surface area contributed by atoms with Crippen LogP contribution in [-0.4, -0.2) is 18.5 Å². The molecule has 0 bridgehead atoms. The number of benzene rings is 1. The van der Waals surface area contributed by atoms with Gasteiger partial charge in [-0.2, -0.15) is 5.26 Å². The number of esters is 2. The van der Waals surface area contributed by atoms with E-state index in [0.29, 0.717) is 10.1 Å². The lowest BCUT2D eigenvalue weighted by atomic mass is 10.1. The molecule has 2 N–H and O–H groups in total. The monoisotopic (exact) mass is 404 g/mol. The number of nitrogens with two attached hydrogens (primary N) is 1. The van der Waals surface area contributed by atoms with Crippen molar-refractivity contribution in [1.29, 1.82) is 5.26 Å². The van der Waals surface area contributed by atoms with Crippen LogP contribution in [0.5, 0.6) is 0 Å². The van der Waals surface area contributed by atoms with E-state index in [0.717, 1.165) is 22.7 Å². The van der Waals surface area contributed by atoms with Crippen molar-refractivity contribution in [1.82, 2.24) is 0 Å². The first-order valence-corrected chi connectivity index (χ1v) is 9.43. The summed E-state index contributed by atoms with van der Waals surface area (Å²) in [4.78, 5) is 24.8. The Balaban J connectivity index is 1.85. The second kappa shape index (κ2) is 7.73. The Labute approximate surface area is 161 Å². The standard InChI is InChI=1S/C18H13FN2O4S2/c1-2-24-18(23)15-11(10(7-20)16(21)27-15)8-25-17(22)14-6-9-12(19)4-3-5-13(9)26-14/h3-6H,2,8,21H2,1H3. The molecule has 3 rings (SSSR count). The van der Waals surface area contributed by atoms with E-state index in [1.807, 2.05) is 6.07 Å². The normalized spacial score (nSPS) is 10.6. The summed E-state index contributed by atoms with van der Waals surface area (Å²) in [6, 6.07) is 7.89. The van der Waals surface area contributed by atoms with Gasteiger partial charge in [-0.25, -0.2) is 14.0 Å². The van der Waals surface area contributed by atoms with Crippen molar-refractivity contribution in [2.75, 3.05) is 12.3 Å². The third-order valence-electron chi connectivity index (χ3n) is 3.66. The van der Waals surface area contributed by atoms with E-state index in [-0.39, 0.29) is 39.1 Å². The van der Waals surface area contributed by atoms with Gasteiger partial charge in [-0.3, -0.25) is 0 Å². The van der Waals surface area contributed by atoms with Crippen LogP contribution in [0.1, 0.15) is 37.4 Å². The molecule has 0 unspecified atom stereocenters. The van der Waals surface area contributed by atoms with Gasteiger partial charge in [0.05, 0.1) is 12.2 Å². The average molecular weight is 404 g/mol. The molecule has 0 saturated carbocycles. The third-order valence-corrected chi connectivity index (χ3v) is 5.79. The number of hydrogen-bond donors (Lipinski definition) is 1. The average Bonchev–Trinajstić information content (AvgIpc) is 3.21. The number of hydrogen-bond acceptors (Lipinski definition) is 8. The van der Waals surface area contributed by atoms with E-state index in [9.17, 15) is 19.2 Å². The lowest BCUT2D eigenvalue weighted by molar-refractivity contribution is 0.0457. The fourth-order valence-electron chi connectivity index (χ4n) is 2.44. The topological polar surface area (TPSA) is 102 Å². The summed E-state index contributed by atoms with van der Waals surface area (Å²) in [5, 5.41) is 9.76. The maximum Gasteiger partial charge on any atom is 0.348 e. The van der Waals surface area contributed by atoms with Gasteiger partial charge in [0.2, 0.25) is 0 Å². The van der Waals surface area contributed by atoms with Gasteiger partial charge in [0.25, 0.3) is 0 Å². The number of halogens is 1. The van der Waals surface area contributed by atoms with Crippen LogP contribution in [0.3, 0.4) is 0 Å². The SMILES string of the molecule is CCOC(=O)c1sc(N)c(C#N)c1COC(=O)c1cc2c(F)cccc2s1. The van der Waals surface area contributed by atoms with Crippen LogP contribution in [-0.2, 0) is 16.1 Å². The van der Waals surface area contributed by atoms with Crippen molar-refractivity contribution >= 4 is 49.7 Å². The van der Waals surface area contributed by atoms with Crippen molar-refractivity contribution in [2.24, 2.45) is 0 Å². The number of nitrogens with zero attached hydrogens (tertiary/aromatic N) is 1. The Morgan fingerprint density at radius 3 is 2.70 bits per heavy atom. The number of anilines is 1. The Morgan fingerprint density at radius 1 is 1.26 bits per heavy atom. The number of fused-ring (bicyclic) bond motifs is 1. The van der Waals surface area contributed by atoms with Gasteiger partial charge in [0.1, 0.15) is 33.2 Å². The molecule has 0 aliphatic rings. The van der Waals surface area contributed by atoms with Gasteiger partial charge in [0.15, 0.2) is 0 Å². The predicted octanol–water partition coefficient (Wildman–Crippen LogP) is 4.09. The van der Waals surface area contributed by atoms with Crippen molar-refractivity contribution < 1.29 is 23.5 Å². The summed E-state index contributed by atoms with van der Waals surface area (Å²) in [6.45, 7) is 1.49. The molecule has 3 aromatic rings. The maximum atomic E-state index is 13.8. The Kier molecular flexibility index (Phi) is 5.39. The Hall–Kier alpha value is -2.96. The molecule has 2 heterocycles. The van der Waals surface area contributed by atoms with Crippen LogP contribution >= 0.6 is 22.7 Å². The number of nitriles is 1. The van der Waals surface area contributed by atoms with E-state index in [1.54, 1.807) is 19.1 Å². The van der Waals surface area contributed by atoms with Crippen molar-refractivity contribution in [3.8, 4) is 6.07 Å². The van der Waals surface area contributed by atoms with Crippen LogP contribution in [0.4, 0.5) is 9.39 Å². The molecule has 0 aliphatic carbocycles. The second-order valence-corrected chi connectivity index (χ2v) is 7.46. The number of thiophene rings is 2. The summed E-state index contributed by atoms with van der Waals surface area (Å²) in [6.07, 6.45) is 0. The number of rotatable bonds is 5. The van der Waals surface area contributed by atoms with E-state index in [1.165, 1.54) is 12.1 Å². The highest BCUT2D eigenvalue weighted by Crippen LogP contribution is 2.33. The molecule has 0 aliphatic heterocycles. The van der Waals surface area contributed by atoms with Crippen LogP contribution in [0.15, 0.2) is 24.3 Å². The smallest absolute Gasteiger partial charge is 0.348 e. The highest BCUT2D eigenvalue weighted by molar-refractivity contribution is 7.20. The molecule has 27 heavy (non-hydrogen) atoms. The molecule has 6 nitrogen and oxygen atoms in total. The summed E-state index contributed by atoms with van der Waals surface area (Å²) < 4.78 is 24.6. The lowest BCUT2D eigenvalue weighted by Crippen LogP contribution is -2.09. The van der Waals surface area contributed by atoms with Gasteiger partial charge in [-0.1, -0.05) is 6.07 Å². The molecule has 138 valence electrons. The summed E-state index contributed by atoms with van der Waals surface area (Å²) in [5.74, 6) is -1.74. The van der Waals surface area contributed by atoms with Crippen molar-refractivity contribution in [3.05, 3.63) is 51.0 Å². The quantitative estimate of drug-likeness (QED) is 0.643. The number of carbonyl (C=O) groups is 2. The molecule has 9 heteroatoms. The van der Waals surface area contributed by atoms with Gasteiger partial charge in [-0.05, 0) is 25.1 Å². The summed E-state index contributed by atoms with van der Waals surface area (Å²) in [5.41, 5.74) is 6.07. The van der Waals surface area contributed by atoms with Gasteiger partial charge >= 0.3 is 11.9 Å². The fourth-order valence-corrected chi connectivity index (χ4v) is 4.33. The molecule has 0 saturated heterocycles. The van der Waals surface area contributed by atoms with E-state index < -0.39 is 17.8 Å². The maximum absolute atomic E-state index is 13.8. The van der Waals surface area contributed by atoms with Crippen molar-refractivity contribution in [2.45, 2.75) is 13.5 Å². The highest BCUT2D eigenvalue weighted by atomic mass is 32.1. The summed E-state index contributed by atoms with van der Waals surface area (Å²) >= 11 is 2.00. The molecular weight excluding hydrogens is 391 g/mol. The lowest BCUT2D eigenvalue weighted by Gasteiger charge is -2.05. The minimum Gasteiger partial charge on any atom is -0.462 e. The highest BCUT2D eigenvalue weighted by Gasteiger charge is 2.24. The first kappa shape index (κ1) is 18.8. The van der Waals surface area contributed by atoms with Gasteiger partial charge in [0, 0.05) is 15.6 Å². The fraction of sp³-hybridized carbons (Fsp3) is 0.167. The zero-order chi connectivity index (χ0) is 19.6. The van der Waals surface area contributed by atoms with Crippen molar-refractivity contribution in [3.63, 3.8) is 0 Å².